The molecule has 0 bridgehead atoms. The third-order valence-electron chi connectivity index (χ3n) is 13.7. The first-order chi connectivity index (χ1) is 33.5. The van der Waals surface area contributed by atoms with E-state index in [1.54, 1.807) is 0 Å². The summed E-state index contributed by atoms with van der Waals surface area (Å²) in [6, 6.07) is 0. The van der Waals surface area contributed by atoms with Crippen molar-refractivity contribution >= 4 is 17.9 Å². The van der Waals surface area contributed by atoms with Crippen molar-refractivity contribution in [3.8, 4) is 0 Å². The van der Waals surface area contributed by atoms with E-state index in [4.69, 9.17) is 14.2 Å². The predicted octanol–water partition coefficient (Wildman–Crippen LogP) is 20.3. The Balaban J connectivity index is 4.12. The third-order valence-corrected chi connectivity index (χ3v) is 13.7. The van der Waals surface area contributed by atoms with Crippen LogP contribution in [0.4, 0.5) is 0 Å². The maximum absolute atomic E-state index is 12.8. The fourth-order valence-corrected chi connectivity index (χ4v) is 9.12. The molecule has 6 nitrogen and oxygen atoms in total. The molecular formula is C62H116O6. The second kappa shape index (κ2) is 57.5. The Hall–Kier alpha value is -2.11. The van der Waals surface area contributed by atoms with Gasteiger partial charge in [0.1, 0.15) is 13.2 Å². The molecule has 0 amide bonds. The van der Waals surface area contributed by atoms with Crippen LogP contribution in [0.25, 0.3) is 0 Å². The second-order valence-corrected chi connectivity index (χ2v) is 20.6. The minimum absolute atomic E-state index is 0.0695. The van der Waals surface area contributed by atoms with E-state index in [-0.39, 0.29) is 31.1 Å². The molecule has 0 aliphatic rings. The van der Waals surface area contributed by atoms with E-state index < -0.39 is 6.10 Å². The largest absolute Gasteiger partial charge is 0.462 e. The molecule has 1 unspecified atom stereocenters. The Labute approximate surface area is 423 Å². The maximum Gasteiger partial charge on any atom is 0.306 e. The quantitative estimate of drug-likeness (QED) is 0.0262. The highest BCUT2D eigenvalue weighted by atomic mass is 16.6. The monoisotopic (exact) mass is 957 g/mol. The van der Waals surface area contributed by atoms with Gasteiger partial charge in [-0.2, -0.15) is 0 Å². The summed E-state index contributed by atoms with van der Waals surface area (Å²) >= 11 is 0. The molecule has 0 rings (SSSR count). The zero-order valence-corrected chi connectivity index (χ0v) is 45.9. The van der Waals surface area contributed by atoms with E-state index in [0.717, 1.165) is 70.6 Å². The highest BCUT2D eigenvalue weighted by molar-refractivity contribution is 5.71. The van der Waals surface area contributed by atoms with Crippen LogP contribution in [0.15, 0.2) is 24.3 Å². The van der Waals surface area contributed by atoms with Gasteiger partial charge in [-0.25, -0.2) is 0 Å². The molecule has 0 aliphatic heterocycles. The number of allylic oxidation sites excluding steroid dienone is 4. The number of carbonyl (C=O) groups is 3. The third kappa shape index (κ3) is 54.8. The molecule has 0 aromatic carbocycles. The van der Waals surface area contributed by atoms with E-state index in [1.165, 1.54) is 225 Å². The lowest BCUT2D eigenvalue weighted by atomic mass is 10.0. The summed E-state index contributed by atoms with van der Waals surface area (Å²) < 4.78 is 16.8. The number of unbranched alkanes of at least 4 members (excludes halogenated alkanes) is 41. The Morgan fingerprint density at radius 1 is 0.294 bits per heavy atom. The first-order valence-electron chi connectivity index (χ1n) is 30.3. The van der Waals surface area contributed by atoms with Gasteiger partial charge in [0.05, 0.1) is 0 Å². The number of ether oxygens (including phenoxy) is 3. The van der Waals surface area contributed by atoms with Gasteiger partial charge in [0, 0.05) is 19.3 Å². The van der Waals surface area contributed by atoms with E-state index in [0.29, 0.717) is 19.3 Å². The summed E-state index contributed by atoms with van der Waals surface area (Å²) in [4.78, 5) is 38.0. The van der Waals surface area contributed by atoms with Crippen LogP contribution in [0.3, 0.4) is 0 Å². The molecule has 0 heterocycles. The Morgan fingerprint density at radius 3 is 0.838 bits per heavy atom. The van der Waals surface area contributed by atoms with Gasteiger partial charge in [-0.1, -0.05) is 289 Å². The van der Waals surface area contributed by atoms with Gasteiger partial charge in [-0.05, 0) is 51.4 Å². The smallest absolute Gasteiger partial charge is 0.306 e. The molecule has 0 saturated carbocycles. The average molecular weight is 958 g/mol. The van der Waals surface area contributed by atoms with Crippen LogP contribution in [0, 0.1) is 0 Å². The summed E-state index contributed by atoms with van der Waals surface area (Å²) in [7, 11) is 0. The van der Waals surface area contributed by atoms with Gasteiger partial charge < -0.3 is 14.2 Å². The van der Waals surface area contributed by atoms with Crippen molar-refractivity contribution in [1.29, 1.82) is 0 Å². The fraction of sp³-hybridized carbons (Fsp3) is 0.887. The molecule has 1 atom stereocenters. The van der Waals surface area contributed by atoms with Crippen LogP contribution in [0.2, 0.25) is 0 Å². The Bertz CT molecular complexity index is 1100. The van der Waals surface area contributed by atoms with E-state index >= 15 is 0 Å². The topological polar surface area (TPSA) is 78.9 Å². The van der Waals surface area contributed by atoms with Gasteiger partial charge in [-0.3, -0.25) is 14.4 Å². The number of esters is 3. The lowest BCUT2D eigenvalue weighted by Gasteiger charge is -2.18. The first-order valence-corrected chi connectivity index (χ1v) is 30.3. The van der Waals surface area contributed by atoms with Crippen LogP contribution in [0.1, 0.15) is 335 Å². The number of carbonyl (C=O) groups excluding carboxylic acids is 3. The summed E-state index contributed by atoms with van der Waals surface area (Å²) in [6.45, 7) is 6.63. The second-order valence-electron chi connectivity index (χ2n) is 20.6. The molecule has 0 saturated heterocycles. The van der Waals surface area contributed by atoms with Crippen LogP contribution in [-0.4, -0.2) is 37.2 Å². The van der Waals surface area contributed by atoms with Crippen LogP contribution >= 0.6 is 0 Å². The standard InChI is InChI=1S/C62H116O6/c1-4-7-10-13-16-19-21-23-25-27-28-29-30-31-32-33-34-36-37-39-41-43-46-49-52-55-61(64)67-58-59(57-66-60(63)54-51-48-45-18-15-12-9-6-3)68-62(65)56-53-50-47-44-42-40-38-35-26-24-22-20-17-14-11-8-5-2/h17,20,24,26,59H,4-16,18-19,21-23,25,27-58H2,1-3H3/b20-17-,26-24-. The highest BCUT2D eigenvalue weighted by Gasteiger charge is 2.19. The predicted molar refractivity (Wildman–Crippen MR) is 293 cm³/mol. The van der Waals surface area contributed by atoms with Crippen LogP contribution in [0.5, 0.6) is 0 Å². The molecule has 0 aliphatic carbocycles. The molecule has 68 heavy (non-hydrogen) atoms. The average Bonchev–Trinajstić information content (AvgIpc) is 3.34. The van der Waals surface area contributed by atoms with Crippen molar-refractivity contribution in [3.63, 3.8) is 0 Å². The number of hydrogen-bond acceptors (Lipinski definition) is 6. The molecule has 0 spiro atoms. The molecule has 0 aromatic rings. The Morgan fingerprint density at radius 2 is 0.529 bits per heavy atom. The lowest BCUT2D eigenvalue weighted by molar-refractivity contribution is -0.167. The van der Waals surface area contributed by atoms with Crippen molar-refractivity contribution in [3.05, 3.63) is 24.3 Å². The van der Waals surface area contributed by atoms with Crippen molar-refractivity contribution in [2.45, 2.75) is 341 Å². The van der Waals surface area contributed by atoms with E-state index in [2.05, 4.69) is 45.1 Å². The molecule has 0 fully saturated rings. The van der Waals surface area contributed by atoms with Crippen LogP contribution in [-0.2, 0) is 28.6 Å². The van der Waals surface area contributed by atoms with Gasteiger partial charge in [0.2, 0.25) is 0 Å². The minimum atomic E-state index is -0.770. The zero-order chi connectivity index (χ0) is 49.3. The highest BCUT2D eigenvalue weighted by Crippen LogP contribution is 2.18. The van der Waals surface area contributed by atoms with E-state index in [1.807, 2.05) is 0 Å². The maximum atomic E-state index is 12.8. The molecule has 0 N–H and O–H groups in total. The first kappa shape index (κ1) is 65.9. The summed E-state index contributed by atoms with van der Waals surface area (Å²) in [5, 5.41) is 0. The van der Waals surface area contributed by atoms with Gasteiger partial charge in [0.25, 0.3) is 0 Å². The minimum Gasteiger partial charge on any atom is -0.462 e. The van der Waals surface area contributed by atoms with Crippen molar-refractivity contribution < 1.29 is 28.6 Å². The lowest BCUT2D eigenvalue weighted by Crippen LogP contribution is -2.30. The fourth-order valence-electron chi connectivity index (χ4n) is 9.12. The summed E-state index contributed by atoms with van der Waals surface area (Å²) in [6.07, 6.45) is 67.7. The molecule has 0 aromatic heterocycles. The Kier molecular flexibility index (Phi) is 55.7. The van der Waals surface area contributed by atoms with Gasteiger partial charge in [0.15, 0.2) is 6.10 Å². The molecule has 400 valence electrons. The zero-order valence-electron chi connectivity index (χ0n) is 45.9. The van der Waals surface area contributed by atoms with Crippen LogP contribution < -0.4 is 0 Å². The normalized spacial score (nSPS) is 12.1. The summed E-state index contributed by atoms with van der Waals surface area (Å²) in [5.74, 6) is -0.861. The molecular weight excluding hydrogens is 841 g/mol. The molecule has 0 radical (unpaired) electrons. The van der Waals surface area contributed by atoms with Crippen molar-refractivity contribution in [1.82, 2.24) is 0 Å². The SMILES string of the molecule is CCCCC/C=C\C/C=C\CCCCCCCCCC(=O)OC(COC(=O)CCCCCCCCCC)COC(=O)CCCCCCCCCCCCCCCCCCCCCCCCCCC. The van der Waals surface area contributed by atoms with Gasteiger partial charge >= 0.3 is 17.9 Å². The van der Waals surface area contributed by atoms with Crippen molar-refractivity contribution in [2.75, 3.05) is 13.2 Å². The summed E-state index contributed by atoms with van der Waals surface area (Å²) in [5.41, 5.74) is 0. The van der Waals surface area contributed by atoms with E-state index in [9.17, 15) is 14.4 Å². The van der Waals surface area contributed by atoms with Gasteiger partial charge in [-0.15, -0.1) is 0 Å². The number of hydrogen-bond donors (Lipinski definition) is 0. The number of rotatable bonds is 56. The van der Waals surface area contributed by atoms with Crippen molar-refractivity contribution in [2.24, 2.45) is 0 Å². The molecule has 6 heteroatoms.